The lowest BCUT2D eigenvalue weighted by atomic mass is 10.0. The minimum Gasteiger partial charge on any atom is -0.367 e. The smallest absolute Gasteiger partial charge is 0.169 e. The number of anilines is 1. The van der Waals surface area contributed by atoms with E-state index in [-0.39, 0.29) is 12.2 Å². The number of ketones is 1. The molecule has 5 heterocycles. The number of fused-ring (bicyclic) bond motifs is 1. The SMILES string of the molecule is Cn1cc(-c2cc3cc(CC(=O)c4ccnc(NC5CCNCC5)c4)ncc3cn2)nn1. The number of Topliss-reactive ketones (excluding diaryl/α,β-unsaturated/α-hetero) is 1. The molecule has 0 unspecified atom stereocenters. The van der Waals surface area contributed by atoms with Gasteiger partial charge >= 0.3 is 0 Å². The summed E-state index contributed by atoms with van der Waals surface area (Å²) in [7, 11) is 1.82. The molecule has 0 aliphatic carbocycles. The van der Waals surface area contributed by atoms with Crippen molar-refractivity contribution in [2.24, 2.45) is 7.05 Å². The van der Waals surface area contributed by atoms with E-state index in [9.17, 15) is 4.79 Å². The van der Waals surface area contributed by atoms with Crippen LogP contribution in [0.15, 0.2) is 49.1 Å². The van der Waals surface area contributed by atoms with E-state index in [1.807, 2.05) is 31.4 Å². The molecule has 0 bridgehead atoms. The van der Waals surface area contributed by atoms with Gasteiger partial charge in [-0.25, -0.2) is 4.98 Å². The van der Waals surface area contributed by atoms with Crippen molar-refractivity contribution in [2.75, 3.05) is 18.4 Å². The quantitative estimate of drug-likeness (QED) is 0.451. The van der Waals surface area contributed by atoms with Crippen molar-refractivity contribution in [3.63, 3.8) is 0 Å². The largest absolute Gasteiger partial charge is 0.367 e. The summed E-state index contributed by atoms with van der Waals surface area (Å²) in [4.78, 5) is 26.2. The predicted molar refractivity (Wildman–Crippen MR) is 121 cm³/mol. The monoisotopic (exact) mass is 428 g/mol. The van der Waals surface area contributed by atoms with Gasteiger partial charge in [0.2, 0.25) is 0 Å². The van der Waals surface area contributed by atoms with E-state index in [4.69, 9.17) is 0 Å². The number of carbonyl (C=O) groups is 1. The van der Waals surface area contributed by atoms with E-state index in [2.05, 4.69) is 35.9 Å². The molecule has 1 aliphatic heterocycles. The molecule has 0 atom stereocenters. The molecule has 0 radical (unpaired) electrons. The summed E-state index contributed by atoms with van der Waals surface area (Å²) in [6.07, 6.45) is 9.33. The number of aromatic nitrogens is 6. The predicted octanol–water partition coefficient (Wildman–Crippen LogP) is 2.41. The lowest BCUT2D eigenvalue weighted by molar-refractivity contribution is 0.0992. The Hall–Kier alpha value is -3.72. The molecule has 1 saturated heterocycles. The molecule has 162 valence electrons. The van der Waals surface area contributed by atoms with Gasteiger partial charge in [0.05, 0.1) is 18.3 Å². The van der Waals surface area contributed by atoms with Gasteiger partial charge < -0.3 is 10.6 Å². The molecule has 4 aromatic rings. The van der Waals surface area contributed by atoms with Gasteiger partial charge in [-0.3, -0.25) is 19.4 Å². The van der Waals surface area contributed by atoms with E-state index in [0.29, 0.717) is 23.0 Å². The minimum atomic E-state index is 0.0100. The summed E-state index contributed by atoms with van der Waals surface area (Å²) in [5.41, 5.74) is 2.78. The van der Waals surface area contributed by atoms with Gasteiger partial charge in [0.1, 0.15) is 11.5 Å². The van der Waals surface area contributed by atoms with Crippen molar-refractivity contribution >= 4 is 22.4 Å². The topological polar surface area (TPSA) is 111 Å². The lowest BCUT2D eigenvalue weighted by Gasteiger charge is -2.24. The first-order valence-corrected chi connectivity index (χ1v) is 10.7. The Morgan fingerprint density at radius 2 is 1.94 bits per heavy atom. The Labute approximate surface area is 185 Å². The number of carbonyl (C=O) groups excluding carboxylic acids is 1. The molecule has 0 saturated carbocycles. The Morgan fingerprint density at radius 1 is 1.09 bits per heavy atom. The van der Waals surface area contributed by atoms with Crippen LogP contribution in [0.4, 0.5) is 5.82 Å². The van der Waals surface area contributed by atoms with Gasteiger partial charge in [-0.2, -0.15) is 0 Å². The summed E-state index contributed by atoms with van der Waals surface area (Å²) in [6, 6.07) is 7.86. The highest BCUT2D eigenvalue weighted by Crippen LogP contribution is 2.21. The summed E-state index contributed by atoms with van der Waals surface area (Å²) < 4.78 is 1.64. The number of pyridine rings is 3. The van der Waals surface area contributed by atoms with E-state index in [1.165, 1.54) is 0 Å². The number of piperidine rings is 1. The first kappa shape index (κ1) is 20.2. The van der Waals surface area contributed by atoms with Gasteiger partial charge in [0.15, 0.2) is 5.78 Å². The number of hydrogen-bond acceptors (Lipinski definition) is 8. The molecule has 1 aliphatic rings. The van der Waals surface area contributed by atoms with Crippen molar-refractivity contribution in [1.82, 2.24) is 35.3 Å². The van der Waals surface area contributed by atoms with Crippen LogP contribution < -0.4 is 10.6 Å². The van der Waals surface area contributed by atoms with Crippen LogP contribution in [-0.4, -0.2) is 54.9 Å². The molecule has 32 heavy (non-hydrogen) atoms. The van der Waals surface area contributed by atoms with Crippen LogP contribution in [0.1, 0.15) is 28.9 Å². The standard InChI is InChI=1S/C23H24N8O/c1-31-14-21(29-30-31)20-9-16-8-19(26-12-17(16)13-27-20)11-22(32)15-2-7-25-23(10-15)28-18-3-5-24-6-4-18/h2,7-10,12-14,18,24H,3-6,11H2,1H3,(H,25,28). The fraction of sp³-hybridized carbons (Fsp3) is 0.304. The van der Waals surface area contributed by atoms with Gasteiger partial charge in [0, 0.05) is 48.3 Å². The number of hydrogen-bond donors (Lipinski definition) is 2. The highest BCUT2D eigenvalue weighted by atomic mass is 16.1. The highest BCUT2D eigenvalue weighted by Gasteiger charge is 2.15. The first-order chi connectivity index (χ1) is 15.6. The maximum Gasteiger partial charge on any atom is 0.169 e. The number of rotatable bonds is 6. The first-order valence-electron chi connectivity index (χ1n) is 10.7. The molecule has 0 aromatic carbocycles. The van der Waals surface area contributed by atoms with Crippen LogP contribution in [0.2, 0.25) is 0 Å². The van der Waals surface area contributed by atoms with Gasteiger partial charge in [-0.05, 0) is 55.6 Å². The third-order valence-corrected chi connectivity index (χ3v) is 5.64. The zero-order chi connectivity index (χ0) is 21.9. The van der Waals surface area contributed by atoms with Crippen molar-refractivity contribution < 1.29 is 4.79 Å². The van der Waals surface area contributed by atoms with Crippen molar-refractivity contribution in [3.05, 3.63) is 60.3 Å². The minimum absolute atomic E-state index is 0.0100. The van der Waals surface area contributed by atoms with Crippen LogP contribution in [0.25, 0.3) is 22.2 Å². The summed E-state index contributed by atoms with van der Waals surface area (Å²) in [6.45, 7) is 2.00. The lowest BCUT2D eigenvalue weighted by Crippen LogP contribution is -2.35. The summed E-state index contributed by atoms with van der Waals surface area (Å²) in [5.74, 6) is 0.754. The second-order valence-corrected chi connectivity index (χ2v) is 8.07. The number of nitrogens with zero attached hydrogens (tertiary/aromatic N) is 6. The Morgan fingerprint density at radius 3 is 2.75 bits per heavy atom. The van der Waals surface area contributed by atoms with E-state index < -0.39 is 0 Å². The summed E-state index contributed by atoms with van der Waals surface area (Å²) >= 11 is 0. The van der Waals surface area contributed by atoms with Gasteiger partial charge in [0.25, 0.3) is 0 Å². The molecule has 9 heteroatoms. The molecule has 0 spiro atoms. The van der Waals surface area contributed by atoms with Crippen molar-refractivity contribution in [3.8, 4) is 11.4 Å². The Kier molecular flexibility index (Phi) is 5.55. The summed E-state index contributed by atoms with van der Waals surface area (Å²) in [5, 5.41) is 16.8. The molecule has 5 rings (SSSR count). The van der Waals surface area contributed by atoms with E-state index in [1.54, 1.807) is 29.3 Å². The third kappa shape index (κ3) is 4.47. The zero-order valence-corrected chi connectivity index (χ0v) is 17.8. The maximum absolute atomic E-state index is 12.9. The Bertz CT molecular complexity index is 1260. The van der Waals surface area contributed by atoms with Crippen molar-refractivity contribution in [2.45, 2.75) is 25.3 Å². The second-order valence-electron chi connectivity index (χ2n) is 8.07. The van der Waals surface area contributed by atoms with Crippen molar-refractivity contribution in [1.29, 1.82) is 0 Å². The third-order valence-electron chi connectivity index (χ3n) is 5.64. The van der Waals surface area contributed by atoms with E-state index in [0.717, 1.165) is 48.2 Å². The Balaban J connectivity index is 1.33. The molecular weight excluding hydrogens is 404 g/mol. The zero-order valence-electron chi connectivity index (χ0n) is 17.8. The van der Waals surface area contributed by atoms with Crippen LogP contribution >= 0.6 is 0 Å². The molecule has 4 aromatic heterocycles. The fourth-order valence-corrected chi connectivity index (χ4v) is 3.91. The number of aryl methyl sites for hydroxylation is 1. The molecule has 2 N–H and O–H groups in total. The van der Waals surface area contributed by atoms with Gasteiger partial charge in [-0.15, -0.1) is 5.10 Å². The maximum atomic E-state index is 12.9. The van der Waals surface area contributed by atoms with E-state index >= 15 is 0 Å². The highest BCUT2D eigenvalue weighted by molar-refractivity contribution is 5.98. The molecule has 1 fully saturated rings. The van der Waals surface area contributed by atoms with Crippen LogP contribution in [0.3, 0.4) is 0 Å². The number of nitrogens with one attached hydrogen (secondary N) is 2. The normalized spacial score (nSPS) is 14.5. The fourth-order valence-electron chi connectivity index (χ4n) is 3.91. The van der Waals surface area contributed by atoms with Gasteiger partial charge in [-0.1, -0.05) is 5.21 Å². The van der Waals surface area contributed by atoms with Crippen LogP contribution in [0, 0.1) is 0 Å². The average molecular weight is 429 g/mol. The average Bonchev–Trinajstić information content (AvgIpc) is 3.26. The van der Waals surface area contributed by atoms with Crippen LogP contribution in [-0.2, 0) is 13.5 Å². The van der Waals surface area contributed by atoms with Crippen LogP contribution in [0.5, 0.6) is 0 Å². The second kappa shape index (κ2) is 8.80. The molecule has 9 nitrogen and oxygen atoms in total. The molecular formula is C23H24N8O. The molecule has 0 amide bonds.